The Hall–Kier alpha value is -2.40. The Balaban J connectivity index is 2.05. The van der Waals surface area contributed by atoms with Crippen LogP contribution < -0.4 is 20.1 Å². The third-order valence-electron chi connectivity index (χ3n) is 3.62. The fraction of sp³-hybridized carbons (Fsp3) is 0.316. The lowest BCUT2D eigenvalue weighted by molar-refractivity contribution is 0.354. The molecule has 0 atom stereocenters. The van der Waals surface area contributed by atoms with E-state index >= 15 is 0 Å². The van der Waals surface area contributed by atoms with Gasteiger partial charge in [0.2, 0.25) is 0 Å². The summed E-state index contributed by atoms with van der Waals surface area (Å²) < 4.78 is 10.6. The first-order valence-corrected chi connectivity index (χ1v) is 8.52. The number of methoxy groups -OCH3 is 2. The predicted octanol–water partition coefficient (Wildman–Crippen LogP) is 3.61. The molecule has 0 heterocycles. The Morgan fingerprint density at radius 3 is 2.48 bits per heavy atom. The molecule has 0 aliphatic rings. The van der Waals surface area contributed by atoms with Gasteiger partial charge in [0.05, 0.1) is 20.8 Å². The summed E-state index contributed by atoms with van der Waals surface area (Å²) >= 11 is 6.19. The van der Waals surface area contributed by atoms with Crippen molar-refractivity contribution in [2.45, 2.75) is 20.0 Å². The fourth-order valence-electron chi connectivity index (χ4n) is 2.31. The highest BCUT2D eigenvalue weighted by Crippen LogP contribution is 2.27. The fourth-order valence-corrected chi connectivity index (χ4v) is 2.51. The van der Waals surface area contributed by atoms with Gasteiger partial charge in [-0.05, 0) is 36.2 Å². The third-order valence-corrected chi connectivity index (χ3v) is 3.98. The number of hydrogen-bond donors (Lipinski definition) is 2. The SMILES string of the molecule is CCNC(=NCc1ccc(OC)c(OC)c1)NCc1ccccc1Cl. The van der Waals surface area contributed by atoms with E-state index in [0.717, 1.165) is 28.7 Å². The van der Waals surface area contributed by atoms with Gasteiger partial charge in [-0.3, -0.25) is 0 Å². The molecule has 2 aromatic rings. The van der Waals surface area contributed by atoms with Gasteiger partial charge < -0.3 is 20.1 Å². The molecular formula is C19H24ClN3O2. The summed E-state index contributed by atoms with van der Waals surface area (Å²) in [6.45, 7) is 3.94. The normalized spacial score (nSPS) is 11.1. The van der Waals surface area contributed by atoms with Gasteiger partial charge in [-0.15, -0.1) is 0 Å². The Morgan fingerprint density at radius 2 is 1.80 bits per heavy atom. The van der Waals surface area contributed by atoms with Crippen molar-refractivity contribution in [3.8, 4) is 11.5 Å². The number of guanidine groups is 1. The second-order valence-corrected chi connectivity index (χ2v) is 5.74. The van der Waals surface area contributed by atoms with Crippen LogP contribution in [-0.4, -0.2) is 26.7 Å². The van der Waals surface area contributed by atoms with E-state index in [-0.39, 0.29) is 0 Å². The van der Waals surface area contributed by atoms with Crippen LogP contribution in [0.4, 0.5) is 0 Å². The first-order chi connectivity index (χ1) is 12.2. The van der Waals surface area contributed by atoms with Crippen molar-refractivity contribution in [1.29, 1.82) is 0 Å². The number of halogens is 1. The van der Waals surface area contributed by atoms with Gasteiger partial charge in [0.25, 0.3) is 0 Å². The zero-order valence-corrected chi connectivity index (χ0v) is 15.6. The number of nitrogens with one attached hydrogen (secondary N) is 2. The molecule has 5 nitrogen and oxygen atoms in total. The Bertz CT molecular complexity index is 720. The van der Waals surface area contributed by atoms with Gasteiger partial charge in [0.1, 0.15) is 0 Å². The minimum absolute atomic E-state index is 0.526. The van der Waals surface area contributed by atoms with Crippen LogP contribution in [0.15, 0.2) is 47.5 Å². The molecule has 6 heteroatoms. The molecule has 0 radical (unpaired) electrons. The van der Waals surface area contributed by atoms with Crippen LogP contribution in [0.25, 0.3) is 0 Å². The summed E-state index contributed by atoms with van der Waals surface area (Å²) in [5, 5.41) is 7.27. The molecule has 2 aromatic carbocycles. The quantitative estimate of drug-likeness (QED) is 0.584. The van der Waals surface area contributed by atoms with Crippen molar-refractivity contribution in [3.05, 3.63) is 58.6 Å². The second-order valence-electron chi connectivity index (χ2n) is 5.33. The standard InChI is InChI=1S/C19H24ClN3O2/c1-4-21-19(23-13-15-7-5-6-8-16(15)20)22-12-14-9-10-17(24-2)18(11-14)25-3/h5-11H,4,12-13H2,1-3H3,(H2,21,22,23). The third kappa shape index (κ3) is 5.57. The lowest BCUT2D eigenvalue weighted by Crippen LogP contribution is -2.36. The van der Waals surface area contributed by atoms with E-state index in [4.69, 9.17) is 21.1 Å². The van der Waals surface area contributed by atoms with Crippen LogP contribution in [0, 0.1) is 0 Å². The summed E-state index contributed by atoms with van der Waals surface area (Å²) in [5.41, 5.74) is 2.06. The molecule has 25 heavy (non-hydrogen) atoms. The molecule has 0 saturated carbocycles. The van der Waals surface area contributed by atoms with Crippen LogP contribution in [0.3, 0.4) is 0 Å². The molecule has 0 saturated heterocycles. The largest absolute Gasteiger partial charge is 0.493 e. The zero-order chi connectivity index (χ0) is 18.1. The minimum atomic E-state index is 0.526. The molecule has 134 valence electrons. The lowest BCUT2D eigenvalue weighted by Gasteiger charge is -2.13. The van der Waals surface area contributed by atoms with Crippen molar-refractivity contribution in [1.82, 2.24) is 10.6 Å². The van der Waals surface area contributed by atoms with Crippen LogP contribution in [0.5, 0.6) is 11.5 Å². The van der Waals surface area contributed by atoms with Gasteiger partial charge in [-0.2, -0.15) is 0 Å². The van der Waals surface area contributed by atoms with Crippen molar-refractivity contribution < 1.29 is 9.47 Å². The first-order valence-electron chi connectivity index (χ1n) is 8.14. The van der Waals surface area contributed by atoms with Crippen molar-refractivity contribution >= 4 is 17.6 Å². The maximum atomic E-state index is 6.19. The number of ether oxygens (including phenoxy) is 2. The summed E-state index contributed by atoms with van der Waals surface area (Å²) in [7, 11) is 3.25. The molecule has 0 aromatic heterocycles. The molecule has 0 bridgehead atoms. The van der Waals surface area contributed by atoms with Crippen molar-refractivity contribution in [2.75, 3.05) is 20.8 Å². The van der Waals surface area contributed by atoms with Crippen LogP contribution in [0.1, 0.15) is 18.1 Å². The topological polar surface area (TPSA) is 54.9 Å². The molecule has 0 aliphatic carbocycles. The van der Waals surface area contributed by atoms with E-state index in [1.54, 1.807) is 14.2 Å². The van der Waals surface area contributed by atoms with Crippen LogP contribution in [-0.2, 0) is 13.1 Å². The number of aliphatic imine (C=N–C) groups is 1. The predicted molar refractivity (Wildman–Crippen MR) is 103 cm³/mol. The lowest BCUT2D eigenvalue weighted by atomic mass is 10.2. The molecule has 2 N–H and O–H groups in total. The smallest absolute Gasteiger partial charge is 0.191 e. The minimum Gasteiger partial charge on any atom is -0.493 e. The monoisotopic (exact) mass is 361 g/mol. The van der Waals surface area contributed by atoms with Crippen molar-refractivity contribution in [2.24, 2.45) is 4.99 Å². The molecule has 0 amide bonds. The molecule has 0 aliphatic heterocycles. The van der Waals surface area contributed by atoms with Crippen molar-refractivity contribution in [3.63, 3.8) is 0 Å². The first kappa shape index (κ1) is 18.9. The van der Waals surface area contributed by atoms with E-state index in [1.807, 2.05) is 49.4 Å². The second kappa shape index (κ2) is 9.79. The Kier molecular flexibility index (Phi) is 7.41. The summed E-state index contributed by atoms with van der Waals surface area (Å²) in [5.74, 6) is 2.14. The van der Waals surface area contributed by atoms with E-state index in [1.165, 1.54) is 0 Å². The number of benzene rings is 2. The van der Waals surface area contributed by atoms with E-state index in [0.29, 0.717) is 24.6 Å². The average molecular weight is 362 g/mol. The molecular weight excluding hydrogens is 338 g/mol. The summed E-state index contributed by atoms with van der Waals surface area (Å²) in [4.78, 5) is 4.61. The maximum absolute atomic E-state index is 6.19. The average Bonchev–Trinajstić information content (AvgIpc) is 2.64. The highest BCUT2D eigenvalue weighted by molar-refractivity contribution is 6.31. The Labute approximate surface area is 154 Å². The van der Waals surface area contributed by atoms with Gasteiger partial charge in [0.15, 0.2) is 17.5 Å². The van der Waals surface area contributed by atoms with E-state index in [9.17, 15) is 0 Å². The number of rotatable bonds is 7. The molecule has 0 fully saturated rings. The Morgan fingerprint density at radius 1 is 1.04 bits per heavy atom. The van der Waals surface area contributed by atoms with E-state index in [2.05, 4.69) is 15.6 Å². The van der Waals surface area contributed by atoms with Crippen LogP contribution in [0.2, 0.25) is 5.02 Å². The summed E-state index contributed by atoms with van der Waals surface area (Å²) in [6, 6.07) is 13.6. The van der Waals surface area contributed by atoms with Gasteiger partial charge in [-0.1, -0.05) is 35.9 Å². The van der Waals surface area contributed by atoms with Gasteiger partial charge >= 0.3 is 0 Å². The molecule has 2 rings (SSSR count). The number of hydrogen-bond acceptors (Lipinski definition) is 3. The number of nitrogens with zero attached hydrogens (tertiary/aromatic N) is 1. The zero-order valence-electron chi connectivity index (χ0n) is 14.8. The molecule has 0 unspecified atom stereocenters. The highest BCUT2D eigenvalue weighted by Gasteiger charge is 2.05. The van der Waals surface area contributed by atoms with Gasteiger partial charge in [0, 0.05) is 18.1 Å². The van der Waals surface area contributed by atoms with Gasteiger partial charge in [-0.25, -0.2) is 4.99 Å². The molecule has 0 spiro atoms. The summed E-state index contributed by atoms with van der Waals surface area (Å²) in [6.07, 6.45) is 0. The highest BCUT2D eigenvalue weighted by atomic mass is 35.5. The maximum Gasteiger partial charge on any atom is 0.191 e. The van der Waals surface area contributed by atoms with E-state index < -0.39 is 0 Å². The van der Waals surface area contributed by atoms with Crippen LogP contribution >= 0.6 is 11.6 Å².